The first kappa shape index (κ1) is 26.4. The van der Waals surface area contributed by atoms with Gasteiger partial charge in [0, 0.05) is 61.1 Å². The van der Waals surface area contributed by atoms with Crippen LogP contribution in [-0.4, -0.2) is 45.7 Å². The van der Waals surface area contributed by atoms with Gasteiger partial charge in [-0.2, -0.15) is 0 Å². The molecule has 2 heterocycles. The van der Waals surface area contributed by atoms with Crippen LogP contribution in [-0.2, 0) is 16.1 Å². The molecular formula is C30H28N4O4S. The summed E-state index contributed by atoms with van der Waals surface area (Å²) in [5, 5.41) is 12.8. The maximum absolute atomic E-state index is 13.6. The number of nitro benzene ring substituents is 1. The van der Waals surface area contributed by atoms with E-state index in [-0.39, 0.29) is 11.6 Å². The molecular weight excluding hydrogens is 512 g/mol. The van der Waals surface area contributed by atoms with Gasteiger partial charge in [0.1, 0.15) is 0 Å². The van der Waals surface area contributed by atoms with Gasteiger partial charge in [0.05, 0.1) is 15.5 Å². The van der Waals surface area contributed by atoms with E-state index in [1.807, 2.05) is 55.5 Å². The maximum atomic E-state index is 13.6. The highest BCUT2D eigenvalue weighted by atomic mass is 32.2. The number of hydrogen-bond acceptors (Lipinski definition) is 6. The van der Waals surface area contributed by atoms with Gasteiger partial charge in [-0.1, -0.05) is 48.5 Å². The Morgan fingerprint density at radius 3 is 2.46 bits per heavy atom. The highest BCUT2D eigenvalue weighted by Crippen LogP contribution is 2.37. The largest absolute Gasteiger partial charge is 0.385 e. The zero-order valence-corrected chi connectivity index (χ0v) is 22.6. The lowest BCUT2D eigenvalue weighted by molar-refractivity contribution is -0.384. The fraction of sp³-hybridized carbons (Fsp3) is 0.200. The molecule has 0 saturated carbocycles. The molecule has 1 amide bonds. The van der Waals surface area contributed by atoms with E-state index in [0.717, 1.165) is 33.4 Å². The molecule has 1 aliphatic heterocycles. The molecule has 4 aromatic rings. The fourth-order valence-electron chi connectivity index (χ4n) is 4.65. The summed E-state index contributed by atoms with van der Waals surface area (Å²) in [6.45, 7) is 3.67. The van der Waals surface area contributed by atoms with Crippen LogP contribution in [0.25, 0.3) is 17.0 Å². The summed E-state index contributed by atoms with van der Waals surface area (Å²) in [6.07, 6.45) is 2.67. The number of carbonyl (C=O) groups is 1. The third-order valence-corrected chi connectivity index (χ3v) is 7.65. The predicted molar refractivity (Wildman–Crippen MR) is 156 cm³/mol. The monoisotopic (exact) mass is 540 g/mol. The van der Waals surface area contributed by atoms with Crippen molar-refractivity contribution in [3.05, 3.63) is 111 Å². The summed E-state index contributed by atoms with van der Waals surface area (Å²) in [7, 11) is 1.65. The van der Waals surface area contributed by atoms with Crippen LogP contribution < -0.4 is 0 Å². The van der Waals surface area contributed by atoms with Gasteiger partial charge in [0.15, 0.2) is 5.17 Å². The summed E-state index contributed by atoms with van der Waals surface area (Å²) in [5.41, 5.74) is 4.83. The maximum Gasteiger partial charge on any atom is 0.269 e. The number of amides is 1. The smallest absolute Gasteiger partial charge is 0.269 e. The molecule has 1 aliphatic rings. The minimum absolute atomic E-state index is 0.0676. The molecule has 0 radical (unpaired) electrons. The van der Waals surface area contributed by atoms with Gasteiger partial charge in [-0.25, -0.2) is 4.99 Å². The summed E-state index contributed by atoms with van der Waals surface area (Å²) in [5.74, 6) is -0.0719. The van der Waals surface area contributed by atoms with Crippen LogP contribution in [0.3, 0.4) is 0 Å². The molecule has 0 unspecified atom stereocenters. The Morgan fingerprint density at radius 1 is 1.03 bits per heavy atom. The van der Waals surface area contributed by atoms with Crippen LogP contribution in [0.4, 0.5) is 11.4 Å². The Kier molecular flexibility index (Phi) is 7.90. The molecule has 1 saturated heterocycles. The quantitative estimate of drug-likeness (QED) is 0.104. The number of benzene rings is 3. The first-order chi connectivity index (χ1) is 19.0. The number of rotatable bonds is 9. The summed E-state index contributed by atoms with van der Waals surface area (Å²) in [6, 6.07) is 24.3. The Hall–Kier alpha value is -4.21. The van der Waals surface area contributed by atoms with Gasteiger partial charge < -0.3 is 9.30 Å². The molecule has 0 aliphatic carbocycles. The second-order valence-corrected chi connectivity index (χ2v) is 10.2. The molecule has 0 spiro atoms. The first-order valence-electron chi connectivity index (χ1n) is 12.6. The molecule has 0 N–H and O–H groups in total. The van der Waals surface area contributed by atoms with Gasteiger partial charge >= 0.3 is 0 Å². The number of thioether (sulfide) groups is 1. The minimum atomic E-state index is -0.394. The number of amidine groups is 1. The number of non-ortho nitro benzene ring substituents is 1. The Balaban J connectivity index is 1.52. The second kappa shape index (κ2) is 11.7. The van der Waals surface area contributed by atoms with Gasteiger partial charge in [0.25, 0.3) is 11.6 Å². The molecule has 1 aromatic heterocycles. The second-order valence-electron chi connectivity index (χ2n) is 9.17. The van der Waals surface area contributed by atoms with Crippen molar-refractivity contribution in [1.29, 1.82) is 0 Å². The molecule has 9 heteroatoms. The number of hydrogen-bond donors (Lipinski definition) is 0. The van der Waals surface area contributed by atoms with Crippen molar-refractivity contribution < 1.29 is 14.5 Å². The van der Waals surface area contributed by atoms with Crippen molar-refractivity contribution >= 4 is 51.2 Å². The zero-order valence-electron chi connectivity index (χ0n) is 21.7. The number of nitrogens with zero attached hydrogens (tertiary/aromatic N) is 4. The van der Waals surface area contributed by atoms with Crippen LogP contribution >= 0.6 is 11.8 Å². The van der Waals surface area contributed by atoms with Crippen molar-refractivity contribution in [2.45, 2.75) is 19.9 Å². The lowest BCUT2D eigenvalue weighted by Crippen LogP contribution is -2.30. The number of fused-ring (bicyclic) bond motifs is 1. The normalized spacial score (nSPS) is 15.6. The SMILES string of the molecule is COCCCN1C(=O)/C(=C/c2c(C)n(Cc3ccc([N+](=O)[O-])cc3)c3ccccc23)SC1=Nc1ccccc1. The van der Waals surface area contributed by atoms with E-state index in [4.69, 9.17) is 9.73 Å². The average molecular weight is 541 g/mol. The van der Waals surface area contributed by atoms with Crippen LogP contribution in [0, 0.1) is 17.0 Å². The number of ether oxygens (including phenoxy) is 1. The molecule has 5 rings (SSSR count). The standard InChI is InChI=1S/C30H28N4O4S/c1-21-26(25-11-6-7-12-27(25)33(21)20-22-13-15-24(16-14-22)34(36)37)19-28-29(35)32(17-8-18-38-2)30(39-28)31-23-9-4-3-5-10-23/h3-7,9-16,19H,8,17-18,20H2,1-2H3/b28-19-,31-30?. The molecule has 1 fully saturated rings. The number of aliphatic imine (C=N–C) groups is 1. The topological polar surface area (TPSA) is 90.0 Å². The Bertz CT molecular complexity index is 1580. The highest BCUT2D eigenvalue weighted by molar-refractivity contribution is 8.18. The number of carbonyl (C=O) groups excluding carboxylic acids is 1. The van der Waals surface area contributed by atoms with Crippen LogP contribution in [0.1, 0.15) is 23.2 Å². The Labute approximate surface area is 230 Å². The fourth-order valence-corrected chi connectivity index (χ4v) is 5.66. The van der Waals surface area contributed by atoms with E-state index in [0.29, 0.717) is 36.2 Å². The predicted octanol–water partition coefficient (Wildman–Crippen LogP) is 6.55. The van der Waals surface area contributed by atoms with E-state index < -0.39 is 4.92 Å². The van der Waals surface area contributed by atoms with E-state index in [1.165, 1.54) is 23.9 Å². The minimum Gasteiger partial charge on any atom is -0.385 e. The van der Waals surface area contributed by atoms with Crippen LogP contribution in [0.2, 0.25) is 0 Å². The van der Waals surface area contributed by atoms with Crippen molar-refractivity contribution in [1.82, 2.24) is 9.47 Å². The summed E-state index contributed by atoms with van der Waals surface area (Å²) in [4.78, 5) is 31.4. The molecule has 39 heavy (non-hydrogen) atoms. The summed E-state index contributed by atoms with van der Waals surface area (Å²) >= 11 is 1.38. The third-order valence-electron chi connectivity index (χ3n) is 6.64. The third kappa shape index (κ3) is 5.64. The van der Waals surface area contributed by atoms with E-state index >= 15 is 0 Å². The number of para-hydroxylation sites is 2. The lowest BCUT2D eigenvalue weighted by Gasteiger charge is -2.15. The average Bonchev–Trinajstić information content (AvgIpc) is 3.38. The van der Waals surface area contributed by atoms with Gasteiger partial charge in [0.2, 0.25) is 0 Å². The number of nitro groups is 1. The van der Waals surface area contributed by atoms with E-state index in [9.17, 15) is 14.9 Å². The Morgan fingerprint density at radius 2 is 1.74 bits per heavy atom. The van der Waals surface area contributed by atoms with Crippen molar-refractivity contribution in [3.8, 4) is 0 Å². The van der Waals surface area contributed by atoms with Gasteiger partial charge in [-0.3, -0.25) is 19.8 Å². The van der Waals surface area contributed by atoms with Crippen LogP contribution in [0.15, 0.2) is 88.8 Å². The molecule has 198 valence electrons. The van der Waals surface area contributed by atoms with E-state index in [2.05, 4.69) is 16.7 Å². The van der Waals surface area contributed by atoms with Crippen molar-refractivity contribution in [2.75, 3.05) is 20.3 Å². The molecule has 0 bridgehead atoms. The zero-order chi connectivity index (χ0) is 27.4. The van der Waals surface area contributed by atoms with Gasteiger partial charge in [-0.15, -0.1) is 0 Å². The molecule has 0 atom stereocenters. The van der Waals surface area contributed by atoms with Crippen LogP contribution in [0.5, 0.6) is 0 Å². The first-order valence-corrected chi connectivity index (χ1v) is 13.4. The highest BCUT2D eigenvalue weighted by Gasteiger charge is 2.33. The van der Waals surface area contributed by atoms with Crippen molar-refractivity contribution in [3.63, 3.8) is 0 Å². The molecule has 8 nitrogen and oxygen atoms in total. The number of aromatic nitrogens is 1. The molecule has 3 aromatic carbocycles. The lowest BCUT2D eigenvalue weighted by atomic mass is 10.1. The van der Waals surface area contributed by atoms with E-state index in [1.54, 1.807) is 24.1 Å². The summed E-state index contributed by atoms with van der Waals surface area (Å²) < 4.78 is 7.39. The number of methoxy groups -OCH3 is 1. The van der Waals surface area contributed by atoms with Crippen molar-refractivity contribution in [2.24, 2.45) is 4.99 Å². The van der Waals surface area contributed by atoms with Gasteiger partial charge in [-0.05, 0) is 54.9 Å².